The quantitative estimate of drug-likeness (QED) is 0.776. The van der Waals surface area contributed by atoms with Crippen LogP contribution in [0, 0.1) is 0 Å². The summed E-state index contributed by atoms with van der Waals surface area (Å²) in [5, 5.41) is 3.11. The van der Waals surface area contributed by atoms with Crippen LogP contribution in [0.5, 0.6) is 11.5 Å². The topological polar surface area (TPSA) is 39.7 Å². The lowest BCUT2D eigenvalue weighted by Gasteiger charge is -2.08. The molecule has 1 aliphatic rings. The largest absolute Gasteiger partial charge is 0.454 e. The van der Waals surface area contributed by atoms with Crippen molar-refractivity contribution < 1.29 is 23.0 Å². The average molecular weight is 338 g/mol. The molecule has 0 aromatic heterocycles. The van der Waals surface area contributed by atoms with Gasteiger partial charge in [-0.2, -0.15) is 0 Å². The minimum absolute atomic E-state index is 0.236. The molecule has 0 saturated heterocycles. The summed E-state index contributed by atoms with van der Waals surface area (Å²) < 4.78 is 39.8. The Morgan fingerprint density at radius 2 is 2.05 bits per heavy atom. The van der Waals surface area contributed by atoms with Gasteiger partial charge in [0.05, 0.1) is 6.61 Å². The van der Waals surface area contributed by atoms with Gasteiger partial charge in [-0.15, -0.1) is 0 Å². The fourth-order valence-corrected chi connectivity index (χ4v) is 2.10. The van der Waals surface area contributed by atoms with Crippen molar-refractivity contribution in [1.29, 1.82) is 0 Å². The zero-order valence-corrected chi connectivity index (χ0v) is 11.7. The van der Waals surface area contributed by atoms with Gasteiger partial charge in [0.1, 0.15) is 6.61 Å². The predicted octanol–water partition coefficient (Wildman–Crippen LogP) is 2.55. The summed E-state index contributed by atoms with van der Waals surface area (Å²) in [5.41, 5.74) is 1.01. The van der Waals surface area contributed by atoms with Crippen molar-refractivity contribution in [3.63, 3.8) is 0 Å². The van der Waals surface area contributed by atoms with E-state index >= 15 is 0 Å². The van der Waals surface area contributed by atoms with Gasteiger partial charge in [0.2, 0.25) is 6.79 Å². The van der Waals surface area contributed by atoms with Crippen LogP contribution in [0.4, 0.5) is 8.78 Å². The van der Waals surface area contributed by atoms with E-state index in [4.69, 9.17) is 14.2 Å². The fraction of sp³-hybridized carbons (Fsp3) is 0.500. The molecule has 0 fully saturated rings. The van der Waals surface area contributed by atoms with Crippen molar-refractivity contribution in [1.82, 2.24) is 5.32 Å². The maximum Gasteiger partial charge on any atom is 0.261 e. The zero-order chi connectivity index (χ0) is 13.7. The van der Waals surface area contributed by atoms with E-state index in [1.54, 1.807) is 0 Å². The van der Waals surface area contributed by atoms with E-state index in [0.29, 0.717) is 18.8 Å². The molecule has 0 atom stereocenters. The van der Waals surface area contributed by atoms with Gasteiger partial charge < -0.3 is 19.5 Å². The molecule has 0 bridgehead atoms. The lowest BCUT2D eigenvalue weighted by atomic mass is 10.2. The highest BCUT2D eigenvalue weighted by atomic mass is 79.9. The summed E-state index contributed by atoms with van der Waals surface area (Å²) in [6.45, 7) is 1.07. The highest BCUT2D eigenvalue weighted by molar-refractivity contribution is 9.10. The summed E-state index contributed by atoms with van der Waals surface area (Å²) in [7, 11) is 0. The normalized spacial score (nSPS) is 13.3. The van der Waals surface area contributed by atoms with Crippen LogP contribution in [-0.4, -0.2) is 33.0 Å². The Balaban J connectivity index is 1.74. The Morgan fingerprint density at radius 3 is 2.79 bits per heavy atom. The maximum atomic E-state index is 11.8. The molecule has 19 heavy (non-hydrogen) atoms. The average Bonchev–Trinajstić information content (AvgIpc) is 2.80. The van der Waals surface area contributed by atoms with Gasteiger partial charge in [0, 0.05) is 17.6 Å². The van der Waals surface area contributed by atoms with Gasteiger partial charge in [-0.05, 0) is 17.7 Å². The Bertz CT molecular complexity index is 432. The van der Waals surface area contributed by atoms with Crippen molar-refractivity contribution in [2.45, 2.75) is 13.0 Å². The molecule has 0 radical (unpaired) electrons. The first-order valence-electron chi connectivity index (χ1n) is 5.81. The molecule has 0 spiro atoms. The summed E-state index contributed by atoms with van der Waals surface area (Å²) >= 11 is 3.45. The maximum absolute atomic E-state index is 11.8. The number of benzene rings is 1. The molecule has 1 N–H and O–H groups in total. The summed E-state index contributed by atoms with van der Waals surface area (Å²) in [5.74, 6) is 1.44. The summed E-state index contributed by atoms with van der Waals surface area (Å²) in [4.78, 5) is 0. The van der Waals surface area contributed by atoms with E-state index in [0.717, 1.165) is 15.8 Å². The molecule has 106 valence electrons. The van der Waals surface area contributed by atoms with E-state index in [-0.39, 0.29) is 13.4 Å². The molecule has 4 nitrogen and oxygen atoms in total. The third-order valence-electron chi connectivity index (χ3n) is 2.52. The van der Waals surface area contributed by atoms with Crippen molar-refractivity contribution in [2.75, 3.05) is 26.6 Å². The lowest BCUT2D eigenvalue weighted by molar-refractivity contribution is 0.0187. The van der Waals surface area contributed by atoms with Crippen LogP contribution >= 0.6 is 15.9 Å². The van der Waals surface area contributed by atoms with Crippen molar-refractivity contribution in [3.8, 4) is 11.5 Å². The molecule has 0 amide bonds. The number of nitrogens with one attached hydrogen (secondary N) is 1. The van der Waals surface area contributed by atoms with E-state index in [2.05, 4.69) is 21.2 Å². The van der Waals surface area contributed by atoms with E-state index < -0.39 is 13.0 Å². The Labute approximate surface area is 118 Å². The molecule has 1 aromatic rings. The molecule has 2 rings (SSSR count). The fourth-order valence-electron chi connectivity index (χ4n) is 1.63. The number of fused-ring (bicyclic) bond motifs is 1. The molecule has 1 aromatic carbocycles. The van der Waals surface area contributed by atoms with E-state index in [1.165, 1.54) is 0 Å². The third kappa shape index (κ3) is 4.29. The first-order chi connectivity index (χ1) is 9.16. The molecule has 1 aliphatic heterocycles. The van der Waals surface area contributed by atoms with Crippen LogP contribution in [0.25, 0.3) is 0 Å². The van der Waals surface area contributed by atoms with Gasteiger partial charge in [-0.3, -0.25) is 0 Å². The van der Waals surface area contributed by atoms with Crippen molar-refractivity contribution in [2.24, 2.45) is 0 Å². The van der Waals surface area contributed by atoms with Crippen LogP contribution in [0.2, 0.25) is 0 Å². The molecule has 0 unspecified atom stereocenters. The molecular formula is C12H14BrF2NO3. The number of alkyl halides is 2. The van der Waals surface area contributed by atoms with Crippen LogP contribution < -0.4 is 14.8 Å². The number of hydrogen-bond acceptors (Lipinski definition) is 4. The SMILES string of the molecule is FC(F)COCCNCc1cc2c(cc1Br)OCO2. The molecule has 0 aliphatic carbocycles. The van der Waals surface area contributed by atoms with Gasteiger partial charge >= 0.3 is 0 Å². The Hall–Kier alpha value is -0.920. The second-order valence-electron chi connectivity index (χ2n) is 3.94. The summed E-state index contributed by atoms with van der Waals surface area (Å²) in [6.07, 6.45) is -2.41. The highest BCUT2D eigenvalue weighted by Gasteiger charge is 2.15. The lowest BCUT2D eigenvalue weighted by Crippen LogP contribution is -2.20. The Kier molecular flexibility index (Phi) is 5.35. The zero-order valence-electron chi connectivity index (χ0n) is 10.1. The number of hydrogen-bond donors (Lipinski definition) is 1. The summed E-state index contributed by atoms with van der Waals surface area (Å²) in [6, 6.07) is 3.74. The molecular weight excluding hydrogens is 324 g/mol. The number of rotatable bonds is 7. The second kappa shape index (κ2) is 7.02. The molecule has 1 heterocycles. The molecule has 0 saturated carbocycles. The number of ether oxygens (including phenoxy) is 3. The van der Waals surface area contributed by atoms with Crippen LogP contribution in [0.15, 0.2) is 16.6 Å². The minimum Gasteiger partial charge on any atom is -0.454 e. The van der Waals surface area contributed by atoms with Crippen molar-refractivity contribution >= 4 is 15.9 Å². The van der Waals surface area contributed by atoms with Crippen LogP contribution in [0.3, 0.4) is 0 Å². The van der Waals surface area contributed by atoms with Gasteiger partial charge in [0.15, 0.2) is 11.5 Å². The Morgan fingerprint density at radius 1 is 1.32 bits per heavy atom. The van der Waals surface area contributed by atoms with Gasteiger partial charge in [0.25, 0.3) is 6.43 Å². The van der Waals surface area contributed by atoms with Crippen LogP contribution in [0.1, 0.15) is 5.56 Å². The highest BCUT2D eigenvalue weighted by Crippen LogP contribution is 2.36. The van der Waals surface area contributed by atoms with Gasteiger partial charge in [-0.25, -0.2) is 8.78 Å². The predicted molar refractivity (Wildman–Crippen MR) is 68.8 cm³/mol. The third-order valence-corrected chi connectivity index (χ3v) is 3.26. The standard InChI is InChI=1S/C12H14BrF2NO3/c13-9-4-11-10(18-7-19-11)3-8(9)5-16-1-2-17-6-12(14)15/h3-4,12,16H,1-2,5-7H2. The van der Waals surface area contributed by atoms with E-state index in [1.807, 2.05) is 12.1 Å². The van der Waals surface area contributed by atoms with E-state index in [9.17, 15) is 8.78 Å². The first-order valence-corrected chi connectivity index (χ1v) is 6.60. The minimum atomic E-state index is -2.41. The smallest absolute Gasteiger partial charge is 0.261 e. The monoisotopic (exact) mass is 337 g/mol. The second-order valence-corrected chi connectivity index (χ2v) is 4.79. The number of halogens is 3. The van der Waals surface area contributed by atoms with Crippen LogP contribution in [-0.2, 0) is 11.3 Å². The molecule has 7 heteroatoms. The van der Waals surface area contributed by atoms with Crippen molar-refractivity contribution in [3.05, 3.63) is 22.2 Å². The van der Waals surface area contributed by atoms with Gasteiger partial charge in [-0.1, -0.05) is 15.9 Å². The first kappa shape index (κ1) is 14.5.